The Hall–Kier alpha value is -2.98. The topological polar surface area (TPSA) is 237 Å². The lowest BCUT2D eigenvalue weighted by Gasteiger charge is -2.21. The largest absolute Gasteiger partial charge is 0.472 e. The van der Waals surface area contributed by atoms with Crippen molar-refractivity contribution >= 4 is 39.5 Å². The van der Waals surface area contributed by atoms with Crippen molar-refractivity contribution < 1.29 is 80.2 Å². The van der Waals surface area contributed by atoms with E-state index in [9.17, 15) is 43.2 Å². The fraction of sp³-hybridized carbons (Fsp3) is 0.836. The molecular weight excluding hydrogens is 1210 g/mol. The smallest absolute Gasteiger partial charge is 0.462 e. The molecule has 6 atom stereocenters. The Morgan fingerprint density at radius 1 is 0.348 bits per heavy atom. The Morgan fingerprint density at radius 2 is 0.609 bits per heavy atom. The number of carbonyl (C=O) groups excluding carboxylic acids is 4. The molecule has 0 aliphatic heterocycles. The number of unbranched alkanes of at least 4 members (excludes halogenated alkanes) is 34. The van der Waals surface area contributed by atoms with E-state index in [4.69, 9.17) is 37.0 Å². The maximum absolute atomic E-state index is 13.0. The second-order valence-corrected chi connectivity index (χ2v) is 28.1. The number of allylic oxidation sites excluding steroid dienone is 8. The molecular formula is C73H134O17P2. The van der Waals surface area contributed by atoms with E-state index < -0.39 is 97.5 Å². The van der Waals surface area contributed by atoms with Crippen molar-refractivity contribution in [1.82, 2.24) is 0 Å². The number of rotatable bonds is 69. The zero-order valence-corrected chi connectivity index (χ0v) is 60.4. The van der Waals surface area contributed by atoms with Crippen LogP contribution in [0.25, 0.3) is 0 Å². The first-order chi connectivity index (χ1) is 44.6. The molecule has 3 unspecified atom stereocenters. The van der Waals surface area contributed by atoms with E-state index in [1.54, 1.807) is 0 Å². The van der Waals surface area contributed by atoms with Crippen LogP contribution in [0.1, 0.15) is 330 Å². The highest BCUT2D eigenvalue weighted by Crippen LogP contribution is 2.45. The predicted octanol–water partition coefficient (Wildman–Crippen LogP) is 20.4. The van der Waals surface area contributed by atoms with E-state index >= 15 is 0 Å². The van der Waals surface area contributed by atoms with Crippen LogP contribution in [0.2, 0.25) is 0 Å². The third-order valence-corrected chi connectivity index (χ3v) is 18.0. The van der Waals surface area contributed by atoms with Crippen molar-refractivity contribution in [2.24, 2.45) is 5.92 Å². The van der Waals surface area contributed by atoms with Gasteiger partial charge in [-0.1, -0.05) is 276 Å². The van der Waals surface area contributed by atoms with Crippen LogP contribution in [-0.2, 0) is 65.4 Å². The van der Waals surface area contributed by atoms with E-state index in [2.05, 4.69) is 83.2 Å². The molecule has 0 rings (SSSR count). The van der Waals surface area contributed by atoms with Gasteiger partial charge in [-0.25, -0.2) is 9.13 Å². The van der Waals surface area contributed by atoms with Crippen molar-refractivity contribution in [3.8, 4) is 0 Å². The Morgan fingerprint density at radius 3 is 0.924 bits per heavy atom. The SMILES string of the molecule is CCCCCC/C=C\C=C/CCCCCCCC(=O)OC[C@H](COP(=O)(O)OC[C@@H](O)COP(=O)(O)OC[C@@H](COC(=O)CCCCCCCCCCCC)OC(=O)CCCCCCCCCCC(C)CC)OC(=O)CCCCCCC/C=C\C=C/CCCCCC. The maximum Gasteiger partial charge on any atom is 0.472 e. The zero-order chi connectivity index (χ0) is 67.7. The average Bonchev–Trinajstić information content (AvgIpc) is 2.82. The molecule has 0 aromatic carbocycles. The molecule has 0 amide bonds. The molecule has 538 valence electrons. The molecule has 0 fully saturated rings. The van der Waals surface area contributed by atoms with Gasteiger partial charge in [0.05, 0.1) is 26.4 Å². The summed E-state index contributed by atoms with van der Waals surface area (Å²) in [6, 6.07) is 0. The number of aliphatic hydroxyl groups is 1. The van der Waals surface area contributed by atoms with E-state index in [0.717, 1.165) is 128 Å². The maximum atomic E-state index is 13.0. The Balaban J connectivity index is 5.33. The van der Waals surface area contributed by atoms with Crippen LogP contribution in [0.4, 0.5) is 0 Å². The molecule has 0 heterocycles. The van der Waals surface area contributed by atoms with Crippen LogP contribution in [0.5, 0.6) is 0 Å². The minimum atomic E-state index is -4.97. The summed E-state index contributed by atoms with van der Waals surface area (Å²) in [5.41, 5.74) is 0. The van der Waals surface area contributed by atoms with Crippen LogP contribution >= 0.6 is 15.6 Å². The molecule has 0 spiro atoms. The van der Waals surface area contributed by atoms with E-state index in [-0.39, 0.29) is 25.7 Å². The lowest BCUT2D eigenvalue weighted by atomic mass is 9.99. The first-order valence-corrected chi connectivity index (χ1v) is 39.8. The second-order valence-electron chi connectivity index (χ2n) is 25.2. The normalized spacial score (nSPS) is 14.7. The monoisotopic (exact) mass is 1340 g/mol. The van der Waals surface area contributed by atoms with Gasteiger partial charge in [-0.2, -0.15) is 0 Å². The third-order valence-electron chi connectivity index (χ3n) is 16.1. The molecule has 0 saturated carbocycles. The molecule has 0 bridgehead atoms. The minimum Gasteiger partial charge on any atom is -0.462 e. The van der Waals surface area contributed by atoms with Gasteiger partial charge < -0.3 is 33.8 Å². The molecule has 0 radical (unpaired) electrons. The number of phosphoric ester groups is 2. The van der Waals surface area contributed by atoms with Crippen LogP contribution < -0.4 is 0 Å². The van der Waals surface area contributed by atoms with Gasteiger partial charge in [0.15, 0.2) is 12.2 Å². The molecule has 0 aromatic rings. The predicted molar refractivity (Wildman–Crippen MR) is 372 cm³/mol. The molecule has 92 heavy (non-hydrogen) atoms. The Bertz CT molecular complexity index is 1960. The fourth-order valence-electron chi connectivity index (χ4n) is 10.1. The van der Waals surface area contributed by atoms with E-state index in [0.29, 0.717) is 25.7 Å². The van der Waals surface area contributed by atoms with E-state index in [1.165, 1.54) is 122 Å². The van der Waals surface area contributed by atoms with Crippen molar-refractivity contribution in [2.45, 2.75) is 348 Å². The average molecular weight is 1350 g/mol. The van der Waals surface area contributed by atoms with Crippen molar-refractivity contribution in [1.29, 1.82) is 0 Å². The summed E-state index contributed by atoms with van der Waals surface area (Å²) in [5, 5.41) is 10.6. The lowest BCUT2D eigenvalue weighted by molar-refractivity contribution is -0.161. The lowest BCUT2D eigenvalue weighted by Crippen LogP contribution is -2.30. The number of carbonyl (C=O) groups is 4. The number of hydrogen-bond acceptors (Lipinski definition) is 15. The highest BCUT2D eigenvalue weighted by atomic mass is 31.2. The number of aliphatic hydroxyl groups excluding tert-OH is 1. The summed E-state index contributed by atoms with van der Waals surface area (Å²) in [6.45, 7) is 7.12. The molecule has 0 aliphatic rings. The first-order valence-electron chi connectivity index (χ1n) is 36.8. The Kier molecular flexibility index (Phi) is 63.2. The van der Waals surface area contributed by atoms with Crippen LogP contribution in [-0.4, -0.2) is 96.7 Å². The van der Waals surface area contributed by atoms with Gasteiger partial charge in [-0.3, -0.25) is 37.3 Å². The zero-order valence-electron chi connectivity index (χ0n) is 58.6. The number of hydrogen-bond donors (Lipinski definition) is 3. The van der Waals surface area contributed by atoms with Gasteiger partial charge >= 0.3 is 39.5 Å². The van der Waals surface area contributed by atoms with Gasteiger partial charge in [-0.05, 0) is 83.0 Å². The summed E-state index contributed by atoms with van der Waals surface area (Å²) in [6.07, 6.45) is 58.4. The van der Waals surface area contributed by atoms with Crippen LogP contribution in [0.15, 0.2) is 48.6 Å². The van der Waals surface area contributed by atoms with Gasteiger partial charge in [0.2, 0.25) is 0 Å². The van der Waals surface area contributed by atoms with Gasteiger partial charge in [0.25, 0.3) is 0 Å². The molecule has 19 heteroatoms. The van der Waals surface area contributed by atoms with Crippen molar-refractivity contribution in [3.63, 3.8) is 0 Å². The molecule has 0 saturated heterocycles. The number of ether oxygens (including phenoxy) is 4. The van der Waals surface area contributed by atoms with Crippen LogP contribution in [0, 0.1) is 5.92 Å². The summed E-state index contributed by atoms with van der Waals surface area (Å²) in [5.74, 6) is -1.42. The van der Waals surface area contributed by atoms with Gasteiger partial charge in [-0.15, -0.1) is 0 Å². The first kappa shape index (κ1) is 89.0. The fourth-order valence-corrected chi connectivity index (χ4v) is 11.6. The summed E-state index contributed by atoms with van der Waals surface area (Å²) in [4.78, 5) is 72.6. The van der Waals surface area contributed by atoms with E-state index in [1.807, 2.05) is 0 Å². The standard InChI is InChI=1S/C73H134O17P2/c1-6-10-13-16-19-22-25-27-29-31-33-36-42-47-52-57-71(76)84-62-68(89-72(77)58-53-48-43-37-34-32-30-28-26-23-20-17-14-11-7-2)64-87-91(79,80)85-60-67(74)61-86-92(81,82)88-65-69(63-83-70(75)56-51-46-41-35-24-21-18-15-12-8-3)90-73(78)59-54-49-44-39-38-40-45-50-55-66(5)9-4/h22-23,25-30,66-69,74H,6-21,24,31-65H2,1-5H3,(H,79,80)(H,81,82)/b25-22-,26-23-,29-27-,30-28-/t66?,67-,68-,69-/m1/s1. The molecule has 0 aromatic heterocycles. The quantitative estimate of drug-likeness (QED) is 0.0169. The Labute approximate surface area is 559 Å². The molecule has 0 aliphatic carbocycles. The molecule has 3 N–H and O–H groups in total. The molecule has 17 nitrogen and oxygen atoms in total. The number of esters is 4. The second kappa shape index (κ2) is 65.3. The highest BCUT2D eigenvalue weighted by molar-refractivity contribution is 7.47. The highest BCUT2D eigenvalue weighted by Gasteiger charge is 2.30. The summed E-state index contributed by atoms with van der Waals surface area (Å²) in [7, 11) is -9.93. The van der Waals surface area contributed by atoms with Crippen molar-refractivity contribution in [3.05, 3.63) is 48.6 Å². The summed E-state index contributed by atoms with van der Waals surface area (Å²) >= 11 is 0. The van der Waals surface area contributed by atoms with Crippen LogP contribution in [0.3, 0.4) is 0 Å². The van der Waals surface area contributed by atoms with Crippen molar-refractivity contribution in [2.75, 3.05) is 39.6 Å². The third kappa shape index (κ3) is 64.4. The minimum absolute atomic E-state index is 0.0781. The number of phosphoric acid groups is 2. The summed E-state index contributed by atoms with van der Waals surface area (Å²) < 4.78 is 68.3. The van der Waals surface area contributed by atoms with Gasteiger partial charge in [0.1, 0.15) is 19.3 Å². The van der Waals surface area contributed by atoms with Gasteiger partial charge in [0, 0.05) is 25.7 Å².